The molecule has 2 rings (SSSR count). The van der Waals surface area contributed by atoms with E-state index in [4.69, 9.17) is 16.3 Å². The van der Waals surface area contributed by atoms with E-state index >= 15 is 0 Å². The number of nitrogens with zero attached hydrogens (tertiary/aromatic N) is 2. The van der Waals surface area contributed by atoms with E-state index < -0.39 is 23.3 Å². The summed E-state index contributed by atoms with van der Waals surface area (Å²) in [6, 6.07) is 2.24. The first-order valence-corrected chi connectivity index (χ1v) is 5.92. The Labute approximate surface area is 113 Å². The first kappa shape index (κ1) is 13.7. The average molecular weight is 286 g/mol. The van der Waals surface area contributed by atoms with Crippen molar-refractivity contribution in [3.8, 4) is 0 Å². The Morgan fingerprint density at radius 1 is 1.53 bits per heavy atom. The molecule has 0 radical (unpaired) electrons. The smallest absolute Gasteiger partial charge is 0.313 e. The lowest BCUT2D eigenvalue weighted by Gasteiger charge is -2.25. The van der Waals surface area contributed by atoms with Crippen LogP contribution in [-0.4, -0.2) is 46.4 Å². The summed E-state index contributed by atoms with van der Waals surface area (Å²) in [6.07, 6.45) is 0. The van der Waals surface area contributed by atoms with Crippen molar-refractivity contribution in [2.75, 3.05) is 13.2 Å². The van der Waals surface area contributed by atoms with E-state index in [0.717, 1.165) is 0 Å². The number of aliphatic carboxylic acids is 1. The summed E-state index contributed by atoms with van der Waals surface area (Å²) < 4.78 is 5.14. The van der Waals surface area contributed by atoms with Crippen LogP contribution in [0.1, 0.15) is 17.4 Å². The van der Waals surface area contributed by atoms with Crippen LogP contribution in [0.25, 0.3) is 0 Å². The number of halogens is 1. The second-order valence-corrected chi connectivity index (χ2v) is 4.89. The van der Waals surface area contributed by atoms with Gasteiger partial charge in [-0.1, -0.05) is 11.6 Å². The van der Waals surface area contributed by atoms with Crippen molar-refractivity contribution in [3.05, 3.63) is 23.0 Å². The Balaban J connectivity index is 2.10. The standard InChI is InChI=1S/C11H12ClN3O4/c1-11(10(17)18)5-19-4-7(11)13-9(16)6-2-3-8(12)15-14-6/h2-3,7H,4-5H2,1H3,(H,13,16)(H,17,18). The number of carbonyl (C=O) groups is 2. The van der Waals surface area contributed by atoms with Gasteiger partial charge in [0.05, 0.1) is 19.3 Å². The summed E-state index contributed by atoms with van der Waals surface area (Å²) in [5.74, 6) is -1.52. The molecule has 1 saturated heterocycles. The zero-order valence-corrected chi connectivity index (χ0v) is 10.8. The van der Waals surface area contributed by atoms with Gasteiger partial charge in [-0.2, -0.15) is 0 Å². The minimum Gasteiger partial charge on any atom is -0.481 e. The van der Waals surface area contributed by atoms with E-state index in [1.807, 2.05) is 0 Å². The molecule has 0 bridgehead atoms. The topological polar surface area (TPSA) is 101 Å². The number of amides is 1. The number of nitrogens with one attached hydrogen (secondary N) is 1. The third kappa shape index (κ3) is 2.66. The summed E-state index contributed by atoms with van der Waals surface area (Å²) in [5.41, 5.74) is -1.07. The molecular formula is C11H12ClN3O4. The van der Waals surface area contributed by atoms with Crippen molar-refractivity contribution in [1.29, 1.82) is 0 Å². The number of carboxylic acid groups (broad SMARTS) is 1. The van der Waals surface area contributed by atoms with Gasteiger partial charge in [0.25, 0.3) is 5.91 Å². The lowest BCUT2D eigenvalue weighted by molar-refractivity contribution is -0.148. The van der Waals surface area contributed by atoms with E-state index in [1.165, 1.54) is 19.1 Å². The van der Waals surface area contributed by atoms with Gasteiger partial charge < -0.3 is 15.2 Å². The molecule has 2 unspecified atom stereocenters. The Kier molecular flexibility index (Phi) is 3.68. The fourth-order valence-corrected chi connectivity index (χ4v) is 1.86. The summed E-state index contributed by atoms with van der Waals surface area (Å²) in [4.78, 5) is 23.1. The fraction of sp³-hybridized carbons (Fsp3) is 0.455. The van der Waals surface area contributed by atoms with Gasteiger partial charge in [-0.3, -0.25) is 9.59 Å². The molecule has 19 heavy (non-hydrogen) atoms. The molecule has 2 heterocycles. The van der Waals surface area contributed by atoms with Crippen LogP contribution >= 0.6 is 11.6 Å². The summed E-state index contributed by atoms with van der Waals surface area (Å²) in [6.45, 7) is 1.73. The monoisotopic (exact) mass is 285 g/mol. The Morgan fingerprint density at radius 2 is 2.26 bits per heavy atom. The zero-order valence-electron chi connectivity index (χ0n) is 10.1. The maximum atomic E-state index is 11.9. The zero-order chi connectivity index (χ0) is 14.0. The normalized spacial score (nSPS) is 26.1. The Bertz CT molecular complexity index is 507. The van der Waals surface area contributed by atoms with Crippen LogP contribution < -0.4 is 5.32 Å². The summed E-state index contributed by atoms with van der Waals surface area (Å²) >= 11 is 5.57. The second-order valence-electron chi connectivity index (χ2n) is 4.51. The van der Waals surface area contributed by atoms with Crippen LogP contribution in [0, 0.1) is 5.41 Å². The van der Waals surface area contributed by atoms with Gasteiger partial charge in [-0.25, -0.2) is 0 Å². The SMILES string of the molecule is CC1(C(=O)O)COCC1NC(=O)c1ccc(Cl)nn1. The minimum atomic E-state index is -1.14. The Hall–Kier alpha value is -1.73. The van der Waals surface area contributed by atoms with E-state index in [-0.39, 0.29) is 24.1 Å². The highest BCUT2D eigenvalue weighted by Crippen LogP contribution is 2.28. The van der Waals surface area contributed by atoms with Gasteiger partial charge in [0.2, 0.25) is 0 Å². The molecule has 1 amide bonds. The number of carbonyl (C=O) groups excluding carboxylic acids is 1. The molecule has 2 atom stereocenters. The molecule has 1 aromatic heterocycles. The van der Waals surface area contributed by atoms with Crippen molar-refractivity contribution in [2.24, 2.45) is 5.41 Å². The van der Waals surface area contributed by atoms with Crippen molar-refractivity contribution in [2.45, 2.75) is 13.0 Å². The number of aromatic nitrogens is 2. The number of carboxylic acids is 1. The van der Waals surface area contributed by atoms with Crippen LogP contribution in [-0.2, 0) is 9.53 Å². The van der Waals surface area contributed by atoms with Crippen molar-refractivity contribution >= 4 is 23.5 Å². The molecule has 1 aliphatic heterocycles. The van der Waals surface area contributed by atoms with E-state index in [1.54, 1.807) is 0 Å². The molecule has 0 saturated carbocycles. The second kappa shape index (κ2) is 5.10. The summed E-state index contributed by atoms with van der Waals surface area (Å²) in [5, 5.41) is 19.1. The van der Waals surface area contributed by atoms with Crippen LogP contribution in [0.3, 0.4) is 0 Å². The molecule has 1 aromatic rings. The highest BCUT2D eigenvalue weighted by molar-refractivity contribution is 6.29. The molecule has 0 spiro atoms. The van der Waals surface area contributed by atoms with Crippen LogP contribution in [0.15, 0.2) is 12.1 Å². The lowest BCUT2D eigenvalue weighted by Crippen LogP contribution is -2.49. The van der Waals surface area contributed by atoms with Crippen LogP contribution in [0.4, 0.5) is 0 Å². The van der Waals surface area contributed by atoms with Gasteiger partial charge >= 0.3 is 5.97 Å². The fourth-order valence-electron chi connectivity index (χ4n) is 1.75. The van der Waals surface area contributed by atoms with E-state index in [2.05, 4.69) is 15.5 Å². The first-order chi connectivity index (χ1) is 8.93. The van der Waals surface area contributed by atoms with Gasteiger partial charge in [-0.05, 0) is 19.1 Å². The highest BCUT2D eigenvalue weighted by Gasteiger charge is 2.47. The highest BCUT2D eigenvalue weighted by atomic mass is 35.5. The molecule has 8 heteroatoms. The third-order valence-electron chi connectivity index (χ3n) is 3.11. The Morgan fingerprint density at radius 3 is 2.84 bits per heavy atom. The van der Waals surface area contributed by atoms with Crippen molar-refractivity contribution < 1.29 is 19.4 Å². The predicted molar refractivity (Wildman–Crippen MR) is 64.9 cm³/mol. The van der Waals surface area contributed by atoms with Gasteiger partial charge in [0.15, 0.2) is 10.8 Å². The third-order valence-corrected chi connectivity index (χ3v) is 3.32. The molecular weight excluding hydrogens is 274 g/mol. The molecule has 1 fully saturated rings. The van der Waals surface area contributed by atoms with Crippen LogP contribution in [0.5, 0.6) is 0 Å². The molecule has 102 valence electrons. The van der Waals surface area contributed by atoms with Crippen LogP contribution in [0.2, 0.25) is 5.15 Å². The maximum absolute atomic E-state index is 11.9. The average Bonchev–Trinajstić information content (AvgIpc) is 2.73. The van der Waals surface area contributed by atoms with E-state index in [0.29, 0.717) is 0 Å². The number of hydrogen-bond donors (Lipinski definition) is 2. The van der Waals surface area contributed by atoms with Crippen molar-refractivity contribution in [1.82, 2.24) is 15.5 Å². The molecule has 2 N–H and O–H groups in total. The lowest BCUT2D eigenvalue weighted by atomic mass is 9.85. The van der Waals surface area contributed by atoms with Crippen molar-refractivity contribution in [3.63, 3.8) is 0 Å². The quantitative estimate of drug-likeness (QED) is 0.831. The first-order valence-electron chi connectivity index (χ1n) is 5.55. The molecule has 1 aliphatic rings. The largest absolute Gasteiger partial charge is 0.481 e. The number of hydrogen-bond acceptors (Lipinski definition) is 5. The summed E-state index contributed by atoms with van der Waals surface area (Å²) in [7, 11) is 0. The predicted octanol–water partition coefficient (Wildman–Crippen LogP) is 0.349. The van der Waals surface area contributed by atoms with Gasteiger partial charge in [0.1, 0.15) is 5.41 Å². The molecule has 7 nitrogen and oxygen atoms in total. The minimum absolute atomic E-state index is 0.0551. The molecule has 0 aliphatic carbocycles. The van der Waals surface area contributed by atoms with Gasteiger partial charge in [0, 0.05) is 0 Å². The van der Waals surface area contributed by atoms with Gasteiger partial charge in [-0.15, -0.1) is 10.2 Å². The maximum Gasteiger partial charge on any atom is 0.313 e. The number of rotatable bonds is 3. The molecule has 0 aromatic carbocycles. The van der Waals surface area contributed by atoms with E-state index in [9.17, 15) is 14.7 Å². The number of ether oxygens (including phenoxy) is 1.